The van der Waals surface area contributed by atoms with Crippen LogP contribution in [0.4, 0.5) is 0 Å². The third kappa shape index (κ3) is 2.10. The van der Waals surface area contributed by atoms with Gasteiger partial charge in [0, 0.05) is 16.1 Å². The second-order valence-electron chi connectivity index (χ2n) is 7.89. The second-order valence-corrected chi connectivity index (χ2v) is 8.91. The summed E-state index contributed by atoms with van der Waals surface area (Å²) in [6, 6.07) is 0.283. The highest BCUT2D eigenvalue weighted by atomic mass is 32.1. The molecule has 1 unspecified atom stereocenters. The van der Waals surface area contributed by atoms with Crippen LogP contribution in [0.3, 0.4) is 0 Å². The van der Waals surface area contributed by atoms with Crippen molar-refractivity contribution in [3.63, 3.8) is 0 Å². The Morgan fingerprint density at radius 1 is 1.23 bits per heavy atom. The van der Waals surface area contributed by atoms with E-state index in [0.29, 0.717) is 0 Å². The molecule has 4 aliphatic rings. The van der Waals surface area contributed by atoms with Crippen molar-refractivity contribution in [2.24, 2.45) is 5.92 Å². The molecule has 3 aromatic rings. The molecule has 3 saturated heterocycles. The minimum Gasteiger partial charge on any atom is -0.308 e. The monoisotopic (exact) mass is 367 g/mol. The van der Waals surface area contributed by atoms with Crippen LogP contribution in [0.25, 0.3) is 20.7 Å². The Labute approximate surface area is 154 Å². The van der Waals surface area contributed by atoms with Crippen LogP contribution in [0, 0.1) is 5.92 Å². The second kappa shape index (κ2) is 5.50. The summed E-state index contributed by atoms with van der Waals surface area (Å²) in [6.07, 6.45) is 8.66. The summed E-state index contributed by atoms with van der Waals surface area (Å²) in [5.41, 5.74) is 4.54. The fraction of sp³-hybridized carbons (Fsp3) is 0.526. The van der Waals surface area contributed by atoms with Crippen molar-refractivity contribution >= 4 is 21.6 Å². The number of thiophene rings is 1. The van der Waals surface area contributed by atoms with E-state index in [0.717, 1.165) is 66.3 Å². The number of hydrogen-bond acceptors (Lipinski definition) is 5. The van der Waals surface area contributed by atoms with Crippen molar-refractivity contribution in [1.82, 2.24) is 25.1 Å². The van der Waals surface area contributed by atoms with Gasteiger partial charge in [0.15, 0.2) is 0 Å². The third-order valence-electron chi connectivity index (χ3n) is 6.44. The summed E-state index contributed by atoms with van der Waals surface area (Å²) < 4.78 is 0.767. The Morgan fingerprint density at radius 3 is 2.92 bits per heavy atom. The molecule has 3 aromatic heterocycles. The predicted molar refractivity (Wildman–Crippen MR) is 102 cm³/mol. The van der Waals surface area contributed by atoms with E-state index >= 15 is 0 Å². The van der Waals surface area contributed by atoms with Crippen molar-refractivity contribution in [3.8, 4) is 10.4 Å². The molecule has 1 atom stereocenters. The number of nitrogens with one attached hydrogen (secondary N) is 2. The van der Waals surface area contributed by atoms with Crippen LogP contribution in [0.2, 0.25) is 0 Å². The van der Waals surface area contributed by atoms with Gasteiger partial charge in [-0.1, -0.05) is 0 Å². The topological polar surface area (TPSA) is 77.7 Å². The summed E-state index contributed by atoms with van der Waals surface area (Å²) in [5, 5.41) is 7.34. The van der Waals surface area contributed by atoms with E-state index in [1.54, 1.807) is 11.3 Å². The number of aromatic nitrogens is 4. The van der Waals surface area contributed by atoms with E-state index in [2.05, 4.69) is 20.1 Å². The number of rotatable bonds is 1. The highest BCUT2D eigenvalue weighted by molar-refractivity contribution is 7.22. The lowest BCUT2D eigenvalue weighted by Gasteiger charge is -2.44. The van der Waals surface area contributed by atoms with Crippen LogP contribution in [-0.2, 0) is 12.8 Å². The number of piperidine rings is 3. The average Bonchev–Trinajstić information content (AvgIpc) is 3.24. The van der Waals surface area contributed by atoms with Crippen LogP contribution in [0.1, 0.15) is 48.8 Å². The van der Waals surface area contributed by atoms with Crippen molar-refractivity contribution < 1.29 is 0 Å². The summed E-state index contributed by atoms with van der Waals surface area (Å²) in [4.78, 5) is 24.7. The van der Waals surface area contributed by atoms with Gasteiger partial charge in [-0.25, -0.2) is 4.98 Å². The lowest BCUT2D eigenvalue weighted by Crippen LogP contribution is -2.44. The first-order valence-electron chi connectivity index (χ1n) is 9.60. The molecular weight excluding hydrogens is 346 g/mol. The van der Waals surface area contributed by atoms with Crippen LogP contribution in [-0.4, -0.2) is 38.2 Å². The van der Waals surface area contributed by atoms with Crippen molar-refractivity contribution in [2.45, 2.75) is 44.6 Å². The van der Waals surface area contributed by atoms with Gasteiger partial charge >= 0.3 is 0 Å². The quantitative estimate of drug-likeness (QED) is 0.693. The number of nitrogens with zero attached hydrogens (tertiary/aromatic N) is 3. The van der Waals surface area contributed by atoms with Gasteiger partial charge in [0.1, 0.15) is 10.5 Å². The van der Waals surface area contributed by atoms with Crippen molar-refractivity contribution in [3.05, 3.63) is 33.6 Å². The summed E-state index contributed by atoms with van der Waals surface area (Å²) in [7, 11) is 0. The smallest absolute Gasteiger partial charge is 0.268 e. The molecule has 6 nitrogen and oxygen atoms in total. The van der Waals surface area contributed by atoms with E-state index in [9.17, 15) is 4.79 Å². The Morgan fingerprint density at radius 2 is 2.12 bits per heavy atom. The molecule has 6 heterocycles. The standard InChI is InChI=1S/C19H21N5OS/c25-19-17-15(11-2-1-3-13-12(9-20-23-13)16(11)26-17)21-18(22-19)14-8-10-4-6-24(14)7-5-10/h9-10,14H,1-8H2,(H,20,23)(H,21,22,25). The van der Waals surface area contributed by atoms with Crippen LogP contribution in [0.5, 0.6) is 0 Å². The molecule has 3 aliphatic heterocycles. The predicted octanol–water partition coefficient (Wildman–Crippen LogP) is 3.02. The molecule has 1 aliphatic carbocycles. The Hall–Kier alpha value is -1.99. The molecule has 0 aromatic carbocycles. The number of H-pyrrole nitrogens is 2. The van der Waals surface area contributed by atoms with Gasteiger partial charge < -0.3 is 4.98 Å². The molecule has 0 amide bonds. The van der Waals surface area contributed by atoms with Gasteiger partial charge in [-0.05, 0) is 63.1 Å². The van der Waals surface area contributed by atoms with Gasteiger partial charge in [-0.2, -0.15) is 5.10 Å². The SMILES string of the molecule is O=c1[nH]c(C2CC3CCN2CC3)nc2c3c(sc12)-c1cn[nH]c1CCC3. The Bertz CT molecular complexity index is 1060. The largest absolute Gasteiger partial charge is 0.308 e. The maximum Gasteiger partial charge on any atom is 0.268 e. The van der Waals surface area contributed by atoms with Crippen LogP contribution in [0.15, 0.2) is 11.0 Å². The zero-order valence-corrected chi connectivity index (χ0v) is 15.4. The maximum absolute atomic E-state index is 12.9. The summed E-state index contributed by atoms with van der Waals surface area (Å²) in [5.74, 6) is 1.67. The molecule has 134 valence electrons. The van der Waals surface area contributed by atoms with Gasteiger partial charge in [0.25, 0.3) is 5.56 Å². The van der Waals surface area contributed by atoms with Crippen LogP contribution >= 0.6 is 11.3 Å². The lowest BCUT2D eigenvalue weighted by molar-refractivity contribution is 0.0445. The summed E-state index contributed by atoms with van der Waals surface area (Å²) >= 11 is 1.58. The Balaban J connectivity index is 1.54. The minimum absolute atomic E-state index is 0.0239. The fourth-order valence-corrected chi connectivity index (χ4v) is 6.27. The molecule has 0 radical (unpaired) electrons. The first-order valence-corrected chi connectivity index (χ1v) is 10.4. The number of hydrogen-bond donors (Lipinski definition) is 2. The molecule has 3 fully saturated rings. The summed E-state index contributed by atoms with van der Waals surface area (Å²) in [6.45, 7) is 2.27. The van der Waals surface area contributed by atoms with E-state index in [-0.39, 0.29) is 11.6 Å². The molecular formula is C19H21N5OS. The highest BCUT2D eigenvalue weighted by Gasteiger charge is 2.36. The molecule has 2 bridgehead atoms. The number of aryl methyl sites for hydroxylation is 2. The number of fused-ring (bicyclic) bond motifs is 8. The van der Waals surface area contributed by atoms with Gasteiger partial charge in [0.2, 0.25) is 0 Å². The van der Waals surface area contributed by atoms with Gasteiger partial charge in [-0.3, -0.25) is 14.8 Å². The van der Waals surface area contributed by atoms with E-state index in [1.165, 1.54) is 29.0 Å². The van der Waals surface area contributed by atoms with E-state index < -0.39 is 0 Å². The molecule has 7 heteroatoms. The first-order chi connectivity index (χ1) is 12.8. The molecule has 7 rings (SSSR count). The maximum atomic E-state index is 12.9. The highest BCUT2D eigenvalue weighted by Crippen LogP contribution is 2.42. The van der Waals surface area contributed by atoms with Crippen molar-refractivity contribution in [1.29, 1.82) is 0 Å². The van der Waals surface area contributed by atoms with Gasteiger partial charge in [0.05, 0.1) is 17.8 Å². The normalized spacial score (nSPS) is 27.3. The zero-order chi connectivity index (χ0) is 17.3. The molecule has 26 heavy (non-hydrogen) atoms. The van der Waals surface area contributed by atoms with Crippen LogP contribution < -0.4 is 5.56 Å². The lowest BCUT2D eigenvalue weighted by atomic mass is 9.83. The third-order valence-corrected chi connectivity index (χ3v) is 7.69. The molecule has 0 saturated carbocycles. The number of aromatic amines is 2. The zero-order valence-electron chi connectivity index (χ0n) is 14.5. The van der Waals surface area contributed by atoms with Gasteiger partial charge in [-0.15, -0.1) is 11.3 Å². The van der Waals surface area contributed by atoms with E-state index in [4.69, 9.17) is 4.98 Å². The average molecular weight is 367 g/mol. The Kier molecular flexibility index (Phi) is 3.20. The van der Waals surface area contributed by atoms with Crippen molar-refractivity contribution in [2.75, 3.05) is 13.1 Å². The first kappa shape index (κ1) is 15.1. The molecule has 0 spiro atoms. The minimum atomic E-state index is 0.0239. The molecule has 2 N–H and O–H groups in total. The van der Waals surface area contributed by atoms with E-state index in [1.807, 2.05) is 6.20 Å². The fourth-order valence-electron chi connectivity index (χ4n) is 5.05.